The molecular formula is C59H108O5. The predicted octanol–water partition coefficient (Wildman–Crippen LogP) is 19.1. The van der Waals surface area contributed by atoms with Crippen molar-refractivity contribution >= 4 is 11.9 Å². The molecule has 1 unspecified atom stereocenters. The molecule has 0 amide bonds. The Kier molecular flexibility index (Phi) is 53.3. The first-order chi connectivity index (χ1) is 31.6. The van der Waals surface area contributed by atoms with Crippen molar-refractivity contribution in [1.82, 2.24) is 0 Å². The van der Waals surface area contributed by atoms with Gasteiger partial charge in [-0.25, -0.2) is 0 Å². The molecule has 0 aromatic rings. The van der Waals surface area contributed by atoms with E-state index in [-0.39, 0.29) is 25.2 Å². The number of ether oxygens (including phenoxy) is 3. The molecule has 1 atom stereocenters. The van der Waals surface area contributed by atoms with Gasteiger partial charge in [-0.3, -0.25) is 9.59 Å². The highest BCUT2D eigenvalue weighted by atomic mass is 16.6. The van der Waals surface area contributed by atoms with Crippen molar-refractivity contribution in [3.05, 3.63) is 48.6 Å². The van der Waals surface area contributed by atoms with E-state index < -0.39 is 6.10 Å². The largest absolute Gasteiger partial charge is 0.462 e. The first-order valence-corrected chi connectivity index (χ1v) is 28.2. The lowest BCUT2D eigenvalue weighted by molar-refractivity contribution is -0.163. The summed E-state index contributed by atoms with van der Waals surface area (Å²) in [5.74, 6) is -0.406. The SMILES string of the molecule is CCCCC/C=C\C/C=C\CCCCCCCCCC(=O)OCC(COCCCCCCCCCC/C=C\CCCCCCCC)OC(=O)CCCCCCC/C=C\CCCCCC. The quantitative estimate of drug-likeness (QED) is 0.0346. The number of carbonyl (C=O) groups is 2. The molecule has 0 rings (SSSR count). The maximum absolute atomic E-state index is 12.8. The fraction of sp³-hybridized carbons (Fsp3) is 0.831. The van der Waals surface area contributed by atoms with Crippen LogP contribution in [0.15, 0.2) is 48.6 Å². The zero-order valence-corrected chi connectivity index (χ0v) is 43.1. The summed E-state index contributed by atoms with van der Waals surface area (Å²) >= 11 is 0. The normalized spacial score (nSPS) is 12.5. The Labute approximate surface area is 399 Å². The van der Waals surface area contributed by atoms with Crippen LogP contribution in [-0.4, -0.2) is 37.9 Å². The monoisotopic (exact) mass is 897 g/mol. The number of allylic oxidation sites excluding steroid dienone is 8. The van der Waals surface area contributed by atoms with Crippen LogP contribution in [0, 0.1) is 0 Å². The van der Waals surface area contributed by atoms with Gasteiger partial charge in [0.1, 0.15) is 6.61 Å². The van der Waals surface area contributed by atoms with E-state index in [1.165, 1.54) is 193 Å². The van der Waals surface area contributed by atoms with Crippen molar-refractivity contribution in [3.63, 3.8) is 0 Å². The molecule has 0 heterocycles. The van der Waals surface area contributed by atoms with Gasteiger partial charge in [0, 0.05) is 19.4 Å². The van der Waals surface area contributed by atoms with E-state index in [0.717, 1.165) is 64.2 Å². The highest BCUT2D eigenvalue weighted by Crippen LogP contribution is 2.15. The van der Waals surface area contributed by atoms with E-state index in [1.54, 1.807) is 0 Å². The van der Waals surface area contributed by atoms with Crippen molar-refractivity contribution in [2.75, 3.05) is 19.8 Å². The third-order valence-electron chi connectivity index (χ3n) is 12.3. The van der Waals surface area contributed by atoms with Crippen LogP contribution in [-0.2, 0) is 23.8 Å². The molecule has 0 spiro atoms. The van der Waals surface area contributed by atoms with Gasteiger partial charge in [0.15, 0.2) is 6.10 Å². The van der Waals surface area contributed by atoms with Crippen LogP contribution < -0.4 is 0 Å². The van der Waals surface area contributed by atoms with Gasteiger partial charge in [0.25, 0.3) is 0 Å². The molecule has 0 saturated heterocycles. The Morgan fingerprint density at radius 2 is 0.656 bits per heavy atom. The first-order valence-electron chi connectivity index (χ1n) is 28.2. The van der Waals surface area contributed by atoms with Gasteiger partial charge in [0.2, 0.25) is 0 Å². The fourth-order valence-corrected chi connectivity index (χ4v) is 8.06. The molecule has 0 saturated carbocycles. The van der Waals surface area contributed by atoms with E-state index in [4.69, 9.17) is 14.2 Å². The highest BCUT2D eigenvalue weighted by Gasteiger charge is 2.17. The van der Waals surface area contributed by atoms with E-state index >= 15 is 0 Å². The topological polar surface area (TPSA) is 61.8 Å². The molecule has 0 aliphatic heterocycles. The Balaban J connectivity index is 4.25. The van der Waals surface area contributed by atoms with E-state index in [9.17, 15) is 9.59 Å². The molecule has 0 fully saturated rings. The zero-order chi connectivity index (χ0) is 46.3. The molecule has 0 aromatic carbocycles. The molecule has 0 radical (unpaired) electrons. The molecule has 0 aliphatic carbocycles. The van der Waals surface area contributed by atoms with Crippen LogP contribution in [0.5, 0.6) is 0 Å². The summed E-state index contributed by atoms with van der Waals surface area (Å²) in [7, 11) is 0. The van der Waals surface area contributed by atoms with Crippen molar-refractivity contribution in [3.8, 4) is 0 Å². The summed E-state index contributed by atoms with van der Waals surface area (Å²) in [5.41, 5.74) is 0. The minimum absolute atomic E-state index is 0.0787. The number of hydrogen-bond acceptors (Lipinski definition) is 5. The molecule has 0 N–H and O–H groups in total. The van der Waals surface area contributed by atoms with Crippen LogP contribution in [0.2, 0.25) is 0 Å². The summed E-state index contributed by atoms with van der Waals surface area (Å²) in [4.78, 5) is 25.5. The lowest BCUT2D eigenvalue weighted by Gasteiger charge is -2.18. The number of rotatable bonds is 52. The third-order valence-corrected chi connectivity index (χ3v) is 12.3. The highest BCUT2D eigenvalue weighted by molar-refractivity contribution is 5.70. The smallest absolute Gasteiger partial charge is 0.306 e. The molecule has 0 aliphatic rings. The van der Waals surface area contributed by atoms with Gasteiger partial charge < -0.3 is 14.2 Å². The lowest BCUT2D eigenvalue weighted by atomic mass is 10.1. The van der Waals surface area contributed by atoms with Crippen LogP contribution in [0.1, 0.15) is 290 Å². The average molecular weight is 898 g/mol. The lowest BCUT2D eigenvalue weighted by Crippen LogP contribution is -2.30. The van der Waals surface area contributed by atoms with Crippen molar-refractivity contribution in [1.29, 1.82) is 0 Å². The number of esters is 2. The Hall–Kier alpha value is -2.14. The Bertz CT molecular complexity index is 1060. The molecule has 5 heteroatoms. The van der Waals surface area contributed by atoms with Gasteiger partial charge in [0.05, 0.1) is 6.61 Å². The van der Waals surface area contributed by atoms with Crippen molar-refractivity contribution < 1.29 is 23.8 Å². The molecule has 374 valence electrons. The average Bonchev–Trinajstić information content (AvgIpc) is 3.30. The summed E-state index contributed by atoms with van der Waals surface area (Å²) in [6, 6.07) is 0. The van der Waals surface area contributed by atoms with Crippen molar-refractivity contribution in [2.45, 2.75) is 297 Å². The second kappa shape index (κ2) is 55.2. The second-order valence-electron chi connectivity index (χ2n) is 18.8. The third kappa shape index (κ3) is 52.5. The standard InChI is InChI=1S/C59H108O5/c1-4-7-10-13-16-19-22-25-27-29-31-33-36-39-42-45-48-51-54-62-55-57(64-59(61)53-50-47-44-41-38-34-24-21-18-15-12-9-6-3)56-63-58(60)52-49-46-43-40-37-35-32-30-28-26-23-20-17-14-11-8-5-2/h17,20-21,24-28,57H,4-16,18-19,22-23,29-56H2,1-3H3/b20-17-,24-21-,27-25-,28-26-. The van der Waals surface area contributed by atoms with Crippen LogP contribution in [0.4, 0.5) is 0 Å². The summed E-state index contributed by atoms with van der Waals surface area (Å²) < 4.78 is 17.5. The van der Waals surface area contributed by atoms with E-state index in [1.807, 2.05) is 0 Å². The zero-order valence-electron chi connectivity index (χ0n) is 43.1. The summed E-state index contributed by atoms with van der Waals surface area (Å²) in [6.07, 6.45) is 68.4. The maximum Gasteiger partial charge on any atom is 0.306 e. The van der Waals surface area contributed by atoms with Crippen molar-refractivity contribution in [2.24, 2.45) is 0 Å². The Morgan fingerprint density at radius 3 is 1.09 bits per heavy atom. The van der Waals surface area contributed by atoms with Gasteiger partial charge in [-0.05, 0) is 103 Å². The van der Waals surface area contributed by atoms with Gasteiger partial charge >= 0.3 is 11.9 Å². The van der Waals surface area contributed by atoms with Crippen LogP contribution in [0.25, 0.3) is 0 Å². The van der Waals surface area contributed by atoms with E-state index in [0.29, 0.717) is 19.4 Å². The predicted molar refractivity (Wildman–Crippen MR) is 279 cm³/mol. The second-order valence-corrected chi connectivity index (χ2v) is 18.8. The van der Waals surface area contributed by atoms with E-state index in [2.05, 4.69) is 69.4 Å². The van der Waals surface area contributed by atoms with Gasteiger partial charge in [-0.2, -0.15) is 0 Å². The number of hydrogen-bond donors (Lipinski definition) is 0. The summed E-state index contributed by atoms with van der Waals surface area (Å²) in [5, 5.41) is 0. The molecular weight excluding hydrogens is 789 g/mol. The first kappa shape index (κ1) is 61.9. The minimum atomic E-state index is -0.544. The minimum Gasteiger partial charge on any atom is -0.462 e. The fourth-order valence-electron chi connectivity index (χ4n) is 8.06. The number of carbonyl (C=O) groups excluding carboxylic acids is 2. The molecule has 64 heavy (non-hydrogen) atoms. The molecule has 5 nitrogen and oxygen atoms in total. The molecule has 0 bridgehead atoms. The van der Waals surface area contributed by atoms with Crippen LogP contribution in [0.3, 0.4) is 0 Å². The maximum atomic E-state index is 12.8. The number of unbranched alkanes of at least 4 members (excludes halogenated alkanes) is 33. The van der Waals surface area contributed by atoms with Crippen LogP contribution >= 0.6 is 0 Å². The Morgan fingerprint density at radius 1 is 0.344 bits per heavy atom. The van der Waals surface area contributed by atoms with Gasteiger partial charge in [-0.1, -0.05) is 223 Å². The summed E-state index contributed by atoms with van der Waals surface area (Å²) in [6.45, 7) is 7.80. The molecule has 0 aromatic heterocycles. The van der Waals surface area contributed by atoms with Gasteiger partial charge in [-0.15, -0.1) is 0 Å².